The molecule has 0 aliphatic heterocycles. The molecule has 2 unspecified atom stereocenters. The molecule has 0 saturated heterocycles. The van der Waals surface area contributed by atoms with Crippen LogP contribution < -0.4 is 5.73 Å². The van der Waals surface area contributed by atoms with Crippen molar-refractivity contribution >= 4 is 5.78 Å². The molecule has 15 heavy (non-hydrogen) atoms. The number of Topliss-reactive ketones (excluding diaryl/α,β-unsaturated/α-hetero) is 1. The Morgan fingerprint density at radius 1 is 1.53 bits per heavy atom. The number of nitrogens with two attached hydrogens (primary N) is 1. The highest BCUT2D eigenvalue weighted by molar-refractivity contribution is 5.83. The van der Waals surface area contributed by atoms with Crippen LogP contribution in [0.2, 0.25) is 0 Å². The van der Waals surface area contributed by atoms with Gasteiger partial charge in [-0.15, -0.1) is 0 Å². The summed E-state index contributed by atoms with van der Waals surface area (Å²) in [5, 5.41) is 0. The highest BCUT2D eigenvalue weighted by Crippen LogP contribution is 2.32. The fourth-order valence-corrected chi connectivity index (χ4v) is 2.46. The second-order valence-electron chi connectivity index (χ2n) is 4.26. The van der Waals surface area contributed by atoms with E-state index in [1.54, 1.807) is 6.26 Å². The summed E-state index contributed by atoms with van der Waals surface area (Å²) in [6.45, 7) is 0.633. The van der Waals surface area contributed by atoms with E-state index in [-0.39, 0.29) is 11.7 Å². The van der Waals surface area contributed by atoms with E-state index in [0.717, 1.165) is 25.0 Å². The Morgan fingerprint density at radius 2 is 2.40 bits per heavy atom. The van der Waals surface area contributed by atoms with Gasteiger partial charge in [-0.05, 0) is 37.4 Å². The van der Waals surface area contributed by atoms with Gasteiger partial charge in [-0.1, -0.05) is 6.42 Å². The Labute approximate surface area is 89.6 Å². The quantitative estimate of drug-likeness (QED) is 0.818. The van der Waals surface area contributed by atoms with Crippen LogP contribution in [0, 0.1) is 11.8 Å². The van der Waals surface area contributed by atoms with Crippen molar-refractivity contribution in [2.75, 3.05) is 6.54 Å². The zero-order valence-electron chi connectivity index (χ0n) is 8.82. The molecule has 0 amide bonds. The zero-order chi connectivity index (χ0) is 10.7. The highest BCUT2D eigenvalue weighted by atomic mass is 16.3. The first-order valence-electron chi connectivity index (χ1n) is 5.56. The van der Waals surface area contributed by atoms with Crippen molar-refractivity contribution in [1.82, 2.24) is 0 Å². The van der Waals surface area contributed by atoms with E-state index in [0.29, 0.717) is 18.9 Å². The lowest BCUT2D eigenvalue weighted by Crippen LogP contribution is -2.26. The van der Waals surface area contributed by atoms with Crippen LogP contribution in [0.1, 0.15) is 25.0 Å². The zero-order valence-corrected chi connectivity index (χ0v) is 8.82. The second-order valence-corrected chi connectivity index (χ2v) is 4.26. The molecule has 2 rings (SSSR count). The van der Waals surface area contributed by atoms with Crippen molar-refractivity contribution in [2.45, 2.75) is 25.7 Å². The van der Waals surface area contributed by atoms with E-state index in [1.807, 2.05) is 12.1 Å². The van der Waals surface area contributed by atoms with Crippen molar-refractivity contribution < 1.29 is 9.21 Å². The van der Waals surface area contributed by atoms with Crippen LogP contribution in [0.15, 0.2) is 22.8 Å². The topological polar surface area (TPSA) is 56.2 Å². The van der Waals surface area contributed by atoms with Gasteiger partial charge in [0.05, 0.1) is 12.7 Å². The first kappa shape index (κ1) is 10.4. The lowest BCUT2D eigenvalue weighted by Gasteiger charge is -2.15. The summed E-state index contributed by atoms with van der Waals surface area (Å²) in [6.07, 6.45) is 5.27. The van der Waals surface area contributed by atoms with Gasteiger partial charge in [0.25, 0.3) is 0 Å². The van der Waals surface area contributed by atoms with Crippen molar-refractivity contribution in [2.24, 2.45) is 17.6 Å². The Morgan fingerprint density at radius 3 is 3.07 bits per heavy atom. The number of carbonyl (C=O) groups excluding carboxylic acids is 1. The van der Waals surface area contributed by atoms with Crippen LogP contribution in [-0.4, -0.2) is 12.3 Å². The van der Waals surface area contributed by atoms with E-state index in [1.165, 1.54) is 0 Å². The normalized spacial score (nSPS) is 25.7. The average Bonchev–Trinajstić information content (AvgIpc) is 2.86. The molecule has 1 heterocycles. The minimum Gasteiger partial charge on any atom is -0.469 e. The molecule has 0 radical (unpaired) electrons. The number of rotatable bonds is 4. The molecule has 3 heteroatoms. The van der Waals surface area contributed by atoms with Crippen molar-refractivity contribution in [3.05, 3.63) is 24.2 Å². The number of hydrogen-bond donors (Lipinski definition) is 1. The molecule has 2 atom stereocenters. The number of hydrogen-bond acceptors (Lipinski definition) is 3. The van der Waals surface area contributed by atoms with E-state index in [2.05, 4.69) is 0 Å². The molecular formula is C12H17NO2. The predicted octanol–water partition coefficient (Wildman–Crippen LogP) is 1.77. The number of carbonyl (C=O) groups is 1. The SMILES string of the molecule is NCC1CCCC1C(=O)Cc1ccco1. The third-order valence-corrected chi connectivity index (χ3v) is 3.30. The molecule has 1 aromatic rings. The molecule has 0 spiro atoms. The number of furan rings is 1. The van der Waals surface area contributed by atoms with Gasteiger partial charge < -0.3 is 10.2 Å². The minimum atomic E-state index is 0.167. The van der Waals surface area contributed by atoms with Gasteiger partial charge >= 0.3 is 0 Å². The molecule has 0 bridgehead atoms. The van der Waals surface area contributed by atoms with Crippen LogP contribution in [0.5, 0.6) is 0 Å². The van der Waals surface area contributed by atoms with Crippen molar-refractivity contribution in [3.8, 4) is 0 Å². The van der Waals surface area contributed by atoms with Gasteiger partial charge in [0.15, 0.2) is 0 Å². The van der Waals surface area contributed by atoms with Gasteiger partial charge in [0.1, 0.15) is 11.5 Å². The summed E-state index contributed by atoms with van der Waals surface area (Å²) >= 11 is 0. The maximum absolute atomic E-state index is 12.0. The molecule has 1 aliphatic carbocycles. The van der Waals surface area contributed by atoms with E-state index in [4.69, 9.17) is 10.2 Å². The number of ketones is 1. The molecule has 1 aromatic heterocycles. The molecule has 82 valence electrons. The summed E-state index contributed by atoms with van der Waals surface area (Å²) in [5.74, 6) is 1.62. The summed E-state index contributed by atoms with van der Waals surface area (Å²) < 4.78 is 5.18. The van der Waals surface area contributed by atoms with Crippen molar-refractivity contribution in [3.63, 3.8) is 0 Å². The lowest BCUT2D eigenvalue weighted by atomic mass is 9.90. The maximum Gasteiger partial charge on any atom is 0.143 e. The van der Waals surface area contributed by atoms with Crippen LogP contribution in [-0.2, 0) is 11.2 Å². The minimum absolute atomic E-state index is 0.167. The summed E-state index contributed by atoms with van der Waals surface area (Å²) in [6, 6.07) is 3.67. The molecule has 1 saturated carbocycles. The molecular weight excluding hydrogens is 190 g/mol. The highest BCUT2D eigenvalue weighted by Gasteiger charge is 2.31. The Balaban J connectivity index is 1.96. The Kier molecular flexibility index (Phi) is 3.21. The van der Waals surface area contributed by atoms with Crippen LogP contribution in [0.25, 0.3) is 0 Å². The molecule has 0 aromatic carbocycles. The summed E-state index contributed by atoms with van der Waals surface area (Å²) in [7, 11) is 0. The Bertz CT molecular complexity index is 318. The average molecular weight is 207 g/mol. The molecule has 1 fully saturated rings. The van der Waals surface area contributed by atoms with Gasteiger partial charge in [-0.3, -0.25) is 4.79 Å². The first-order chi connectivity index (χ1) is 7.31. The van der Waals surface area contributed by atoms with Crippen LogP contribution in [0.4, 0.5) is 0 Å². The first-order valence-corrected chi connectivity index (χ1v) is 5.56. The van der Waals surface area contributed by atoms with E-state index in [9.17, 15) is 4.79 Å². The summed E-state index contributed by atoms with van der Waals surface area (Å²) in [5.41, 5.74) is 5.66. The Hall–Kier alpha value is -1.09. The van der Waals surface area contributed by atoms with Gasteiger partial charge in [0, 0.05) is 5.92 Å². The van der Waals surface area contributed by atoms with Crippen molar-refractivity contribution in [1.29, 1.82) is 0 Å². The maximum atomic E-state index is 12.0. The standard InChI is InChI=1S/C12H17NO2/c13-8-9-3-1-5-11(9)12(14)7-10-4-2-6-15-10/h2,4,6,9,11H,1,3,5,7-8,13H2. The molecule has 1 aliphatic rings. The third kappa shape index (κ3) is 2.29. The smallest absolute Gasteiger partial charge is 0.143 e. The van der Waals surface area contributed by atoms with E-state index >= 15 is 0 Å². The van der Waals surface area contributed by atoms with Crippen LogP contribution >= 0.6 is 0 Å². The van der Waals surface area contributed by atoms with Crippen LogP contribution in [0.3, 0.4) is 0 Å². The predicted molar refractivity (Wildman–Crippen MR) is 57.3 cm³/mol. The molecule has 3 nitrogen and oxygen atoms in total. The second kappa shape index (κ2) is 4.62. The van der Waals surface area contributed by atoms with Gasteiger partial charge in [-0.25, -0.2) is 0 Å². The third-order valence-electron chi connectivity index (χ3n) is 3.30. The van der Waals surface area contributed by atoms with Gasteiger partial charge in [-0.2, -0.15) is 0 Å². The molecule has 2 N–H and O–H groups in total. The van der Waals surface area contributed by atoms with E-state index < -0.39 is 0 Å². The fraction of sp³-hybridized carbons (Fsp3) is 0.583. The fourth-order valence-electron chi connectivity index (χ4n) is 2.46. The largest absolute Gasteiger partial charge is 0.469 e. The van der Waals surface area contributed by atoms with Gasteiger partial charge in [0.2, 0.25) is 0 Å². The lowest BCUT2D eigenvalue weighted by molar-refractivity contribution is -0.123. The monoisotopic (exact) mass is 207 g/mol. The summed E-state index contributed by atoms with van der Waals surface area (Å²) in [4.78, 5) is 12.0.